The molecule has 1 aliphatic rings. The molecule has 1 fully saturated rings. The van der Waals surface area contributed by atoms with E-state index in [1.165, 1.54) is 16.5 Å². The second-order valence-electron chi connectivity index (χ2n) is 7.03. The number of hydrogen-bond donors (Lipinski definition) is 1. The van der Waals surface area contributed by atoms with E-state index in [0.717, 1.165) is 25.6 Å². The summed E-state index contributed by atoms with van der Waals surface area (Å²) in [6.07, 6.45) is 1.26. The van der Waals surface area contributed by atoms with Gasteiger partial charge in [-0.25, -0.2) is 0 Å². The third-order valence-electron chi connectivity index (χ3n) is 4.14. The van der Waals surface area contributed by atoms with Crippen LogP contribution in [0.1, 0.15) is 39.7 Å². The molecule has 2 rings (SSSR count). The summed E-state index contributed by atoms with van der Waals surface area (Å²) in [4.78, 5) is 2.62. The largest absolute Gasteiger partial charge is 0.311 e. The molecule has 1 aromatic rings. The van der Waals surface area contributed by atoms with Gasteiger partial charge in [0.05, 0.1) is 0 Å². The zero-order chi connectivity index (χ0) is 14.8. The quantitative estimate of drug-likeness (QED) is 0.890. The van der Waals surface area contributed by atoms with E-state index in [0.29, 0.717) is 6.04 Å². The Labute approximate surface area is 132 Å². The summed E-state index contributed by atoms with van der Waals surface area (Å²) < 4.78 is 1.17. The third kappa shape index (κ3) is 4.31. The lowest BCUT2D eigenvalue weighted by molar-refractivity contribution is 0.0536. The molecule has 1 N–H and O–H groups in total. The molecule has 112 valence electrons. The zero-order valence-corrected chi connectivity index (χ0v) is 14.7. The average molecular weight is 339 g/mol. The molecule has 1 heterocycles. The molecule has 1 atom stereocenters. The lowest BCUT2D eigenvalue weighted by Gasteiger charge is -2.46. The molecule has 0 saturated carbocycles. The molecule has 0 radical (unpaired) electrons. The summed E-state index contributed by atoms with van der Waals surface area (Å²) in [5, 5.41) is 3.72. The lowest BCUT2D eigenvalue weighted by Crippen LogP contribution is -2.61. The summed E-state index contributed by atoms with van der Waals surface area (Å²) >= 11 is 3.57. The van der Waals surface area contributed by atoms with E-state index in [4.69, 9.17) is 0 Å². The predicted molar refractivity (Wildman–Crippen MR) is 89.9 cm³/mol. The Bertz CT molecular complexity index is 442. The minimum atomic E-state index is 0.218. The highest BCUT2D eigenvalue weighted by Gasteiger charge is 2.33. The minimum absolute atomic E-state index is 0.218. The van der Waals surface area contributed by atoms with Crippen LogP contribution in [0.4, 0.5) is 0 Å². The first-order valence-electron chi connectivity index (χ1n) is 7.60. The fraction of sp³-hybridized carbons (Fsp3) is 0.647. The molecule has 0 bridgehead atoms. The summed E-state index contributed by atoms with van der Waals surface area (Å²) in [5.41, 5.74) is 1.60. The van der Waals surface area contributed by atoms with Crippen LogP contribution in [0.5, 0.6) is 0 Å². The van der Waals surface area contributed by atoms with Crippen molar-refractivity contribution in [1.29, 1.82) is 0 Å². The van der Waals surface area contributed by atoms with Crippen LogP contribution >= 0.6 is 15.9 Å². The first kappa shape index (κ1) is 16.0. The summed E-state index contributed by atoms with van der Waals surface area (Å²) in [6.45, 7) is 12.5. The molecule has 1 aliphatic heterocycles. The molecule has 2 nitrogen and oxygen atoms in total. The van der Waals surface area contributed by atoms with Crippen LogP contribution in [-0.4, -0.2) is 29.6 Å². The Hall–Kier alpha value is -0.380. The number of hydrogen-bond acceptors (Lipinski definition) is 2. The van der Waals surface area contributed by atoms with E-state index in [1.807, 2.05) is 0 Å². The third-order valence-corrected chi connectivity index (χ3v) is 4.63. The van der Waals surface area contributed by atoms with E-state index >= 15 is 0 Å². The number of rotatable bonds is 4. The molecule has 0 amide bonds. The van der Waals surface area contributed by atoms with Crippen molar-refractivity contribution in [3.05, 3.63) is 34.3 Å². The highest BCUT2D eigenvalue weighted by molar-refractivity contribution is 9.10. The maximum Gasteiger partial charge on any atom is 0.0281 e. The average Bonchev–Trinajstić information content (AvgIpc) is 2.33. The molecule has 0 spiro atoms. The Kier molecular flexibility index (Phi) is 5.27. The summed E-state index contributed by atoms with van der Waals surface area (Å²) in [7, 11) is 0. The van der Waals surface area contributed by atoms with Gasteiger partial charge in [-0.3, -0.25) is 4.90 Å². The van der Waals surface area contributed by atoms with Crippen LogP contribution in [0.2, 0.25) is 0 Å². The van der Waals surface area contributed by atoms with Gasteiger partial charge in [-0.1, -0.05) is 41.9 Å². The molecule has 20 heavy (non-hydrogen) atoms. The Morgan fingerprint density at radius 1 is 1.40 bits per heavy atom. The molecule has 1 unspecified atom stereocenters. The van der Waals surface area contributed by atoms with Gasteiger partial charge in [-0.2, -0.15) is 0 Å². The summed E-state index contributed by atoms with van der Waals surface area (Å²) in [5.74, 6) is 0.751. The highest BCUT2D eigenvalue weighted by atomic mass is 79.9. The van der Waals surface area contributed by atoms with E-state index in [2.05, 4.69) is 78.1 Å². The topological polar surface area (TPSA) is 15.3 Å². The van der Waals surface area contributed by atoms with Gasteiger partial charge < -0.3 is 5.32 Å². The molecule has 0 aliphatic carbocycles. The normalized spacial score (nSPS) is 23.2. The second-order valence-corrected chi connectivity index (χ2v) is 7.95. The van der Waals surface area contributed by atoms with Crippen LogP contribution in [0.3, 0.4) is 0 Å². The fourth-order valence-electron chi connectivity index (χ4n) is 2.94. The van der Waals surface area contributed by atoms with E-state index in [1.54, 1.807) is 0 Å². The minimum Gasteiger partial charge on any atom is -0.311 e. The van der Waals surface area contributed by atoms with Crippen molar-refractivity contribution in [2.75, 3.05) is 13.1 Å². The number of nitrogens with zero attached hydrogens (tertiary/aromatic N) is 1. The fourth-order valence-corrected chi connectivity index (χ4v) is 3.39. The van der Waals surface area contributed by atoms with Gasteiger partial charge in [-0.15, -0.1) is 0 Å². The molecule has 0 aromatic heterocycles. The maximum atomic E-state index is 3.72. The predicted octanol–water partition coefficient (Wildman–Crippen LogP) is 4.05. The SMILES string of the molecule is CC(C)CC1CN(Cc2cccc(Br)c2)C(C)(C)CN1. The van der Waals surface area contributed by atoms with Crippen LogP contribution in [-0.2, 0) is 6.54 Å². The standard InChI is InChI=1S/C17H27BrN2/c1-13(2)8-16-11-20(17(3,4)12-19-16)10-14-6-5-7-15(18)9-14/h5-7,9,13,16,19H,8,10-12H2,1-4H3. The maximum absolute atomic E-state index is 3.72. The van der Waals surface area contributed by atoms with Crippen molar-refractivity contribution < 1.29 is 0 Å². The number of halogens is 1. The first-order valence-corrected chi connectivity index (χ1v) is 8.39. The van der Waals surface area contributed by atoms with Gasteiger partial charge in [0.25, 0.3) is 0 Å². The Balaban J connectivity index is 2.06. The van der Waals surface area contributed by atoms with Crippen LogP contribution in [0.25, 0.3) is 0 Å². The van der Waals surface area contributed by atoms with Gasteiger partial charge in [0.2, 0.25) is 0 Å². The van der Waals surface area contributed by atoms with Gasteiger partial charge >= 0.3 is 0 Å². The number of nitrogens with one attached hydrogen (secondary N) is 1. The summed E-state index contributed by atoms with van der Waals surface area (Å²) in [6, 6.07) is 9.29. The number of benzene rings is 1. The molecule has 1 saturated heterocycles. The molecular weight excluding hydrogens is 312 g/mol. The van der Waals surface area contributed by atoms with E-state index in [9.17, 15) is 0 Å². The van der Waals surface area contributed by atoms with Crippen LogP contribution < -0.4 is 5.32 Å². The van der Waals surface area contributed by atoms with Crippen LogP contribution in [0, 0.1) is 5.92 Å². The van der Waals surface area contributed by atoms with Crippen molar-refractivity contribution in [1.82, 2.24) is 10.2 Å². The van der Waals surface area contributed by atoms with Gasteiger partial charge in [0.15, 0.2) is 0 Å². The first-order chi connectivity index (χ1) is 9.37. The molecular formula is C17H27BrN2. The molecule has 1 aromatic carbocycles. The second kappa shape index (κ2) is 6.59. The van der Waals surface area contributed by atoms with Crippen molar-refractivity contribution in [2.45, 2.75) is 52.2 Å². The van der Waals surface area contributed by atoms with Crippen LogP contribution in [0.15, 0.2) is 28.7 Å². The van der Waals surface area contributed by atoms with Crippen molar-refractivity contribution in [3.8, 4) is 0 Å². The van der Waals surface area contributed by atoms with E-state index in [-0.39, 0.29) is 5.54 Å². The van der Waals surface area contributed by atoms with Gasteiger partial charge in [0, 0.05) is 35.7 Å². The number of piperazine rings is 1. The molecule has 3 heteroatoms. The van der Waals surface area contributed by atoms with Crippen molar-refractivity contribution >= 4 is 15.9 Å². The smallest absolute Gasteiger partial charge is 0.0281 e. The lowest BCUT2D eigenvalue weighted by atomic mass is 9.93. The Morgan fingerprint density at radius 2 is 2.15 bits per heavy atom. The zero-order valence-electron chi connectivity index (χ0n) is 13.1. The monoisotopic (exact) mass is 338 g/mol. The Morgan fingerprint density at radius 3 is 2.80 bits per heavy atom. The highest BCUT2D eigenvalue weighted by Crippen LogP contribution is 2.24. The van der Waals surface area contributed by atoms with Gasteiger partial charge in [0.1, 0.15) is 0 Å². The van der Waals surface area contributed by atoms with Crippen molar-refractivity contribution in [3.63, 3.8) is 0 Å². The van der Waals surface area contributed by atoms with E-state index < -0.39 is 0 Å². The van der Waals surface area contributed by atoms with Gasteiger partial charge in [-0.05, 0) is 43.9 Å². The van der Waals surface area contributed by atoms with Crippen molar-refractivity contribution in [2.24, 2.45) is 5.92 Å².